The maximum atomic E-state index is 5.45. The van der Waals surface area contributed by atoms with E-state index in [2.05, 4.69) is 48.9 Å². The second-order valence-electron chi connectivity index (χ2n) is 4.38. The highest BCUT2D eigenvalue weighted by Crippen LogP contribution is 2.23. The van der Waals surface area contributed by atoms with Crippen LogP contribution in [0.25, 0.3) is 0 Å². The SMILES string of the molecule is NCOC1=C(CCCc2ccccc2)C=CC[CH]1. The van der Waals surface area contributed by atoms with Gasteiger partial charge in [0.1, 0.15) is 12.5 Å². The van der Waals surface area contributed by atoms with E-state index < -0.39 is 0 Å². The van der Waals surface area contributed by atoms with Crippen LogP contribution in [0.4, 0.5) is 0 Å². The zero-order valence-electron chi connectivity index (χ0n) is 10.6. The maximum Gasteiger partial charge on any atom is 0.136 e. The summed E-state index contributed by atoms with van der Waals surface area (Å²) in [6.45, 7) is 0.252. The molecule has 0 heterocycles. The first-order valence-corrected chi connectivity index (χ1v) is 6.50. The molecule has 0 bridgehead atoms. The highest BCUT2D eigenvalue weighted by Gasteiger charge is 2.09. The first-order chi connectivity index (χ1) is 8.90. The summed E-state index contributed by atoms with van der Waals surface area (Å²) >= 11 is 0. The van der Waals surface area contributed by atoms with Gasteiger partial charge in [0.2, 0.25) is 0 Å². The van der Waals surface area contributed by atoms with Crippen LogP contribution >= 0.6 is 0 Å². The molecule has 1 aliphatic rings. The number of rotatable bonds is 6. The van der Waals surface area contributed by atoms with Crippen molar-refractivity contribution in [3.05, 3.63) is 65.8 Å². The summed E-state index contributed by atoms with van der Waals surface area (Å²) < 4.78 is 5.45. The molecule has 2 heteroatoms. The molecule has 2 nitrogen and oxygen atoms in total. The van der Waals surface area contributed by atoms with Crippen molar-refractivity contribution in [1.82, 2.24) is 0 Å². The van der Waals surface area contributed by atoms with Crippen LogP contribution in [0.5, 0.6) is 0 Å². The third-order valence-electron chi connectivity index (χ3n) is 3.07. The monoisotopic (exact) mass is 242 g/mol. The van der Waals surface area contributed by atoms with E-state index in [-0.39, 0.29) is 6.73 Å². The smallest absolute Gasteiger partial charge is 0.136 e. The minimum absolute atomic E-state index is 0.252. The van der Waals surface area contributed by atoms with Crippen LogP contribution in [-0.4, -0.2) is 6.73 Å². The highest BCUT2D eigenvalue weighted by molar-refractivity contribution is 5.32. The predicted molar refractivity (Wildman–Crippen MR) is 74.6 cm³/mol. The second kappa shape index (κ2) is 7.02. The molecule has 2 rings (SSSR count). The molecule has 0 saturated heterocycles. The largest absolute Gasteiger partial charge is 0.482 e. The molecule has 0 aromatic heterocycles. The normalized spacial score (nSPS) is 14.9. The molecule has 0 spiro atoms. The van der Waals surface area contributed by atoms with Crippen molar-refractivity contribution in [1.29, 1.82) is 0 Å². The number of ether oxygens (including phenoxy) is 1. The van der Waals surface area contributed by atoms with E-state index in [1.165, 1.54) is 11.1 Å². The topological polar surface area (TPSA) is 35.2 Å². The van der Waals surface area contributed by atoms with Gasteiger partial charge in [-0.3, -0.25) is 5.73 Å². The molecule has 1 aliphatic carbocycles. The number of nitrogens with two attached hydrogens (primary N) is 1. The Bertz CT molecular complexity index is 420. The summed E-state index contributed by atoms with van der Waals surface area (Å²) in [6.07, 6.45) is 10.7. The van der Waals surface area contributed by atoms with Crippen molar-refractivity contribution < 1.29 is 4.74 Å². The van der Waals surface area contributed by atoms with Gasteiger partial charge in [-0.2, -0.15) is 0 Å². The highest BCUT2D eigenvalue weighted by atomic mass is 16.5. The fourth-order valence-electron chi connectivity index (χ4n) is 2.17. The lowest BCUT2D eigenvalue weighted by Crippen LogP contribution is -2.08. The first-order valence-electron chi connectivity index (χ1n) is 6.50. The maximum absolute atomic E-state index is 5.45. The van der Waals surface area contributed by atoms with E-state index in [9.17, 15) is 0 Å². The summed E-state index contributed by atoms with van der Waals surface area (Å²) in [5.41, 5.74) is 8.10. The molecule has 0 saturated carbocycles. The van der Waals surface area contributed by atoms with Gasteiger partial charge in [0.25, 0.3) is 0 Å². The van der Waals surface area contributed by atoms with Gasteiger partial charge in [-0.05, 0) is 36.8 Å². The van der Waals surface area contributed by atoms with E-state index in [4.69, 9.17) is 10.5 Å². The van der Waals surface area contributed by atoms with Crippen LogP contribution < -0.4 is 5.73 Å². The van der Waals surface area contributed by atoms with E-state index in [0.29, 0.717) is 0 Å². The Morgan fingerprint density at radius 1 is 1.11 bits per heavy atom. The molecule has 18 heavy (non-hydrogen) atoms. The number of aryl methyl sites for hydroxylation is 1. The zero-order chi connectivity index (χ0) is 12.6. The van der Waals surface area contributed by atoms with Crippen molar-refractivity contribution in [2.24, 2.45) is 5.73 Å². The van der Waals surface area contributed by atoms with Crippen LogP contribution in [-0.2, 0) is 11.2 Å². The zero-order valence-corrected chi connectivity index (χ0v) is 10.6. The molecule has 0 aliphatic heterocycles. The molecule has 0 unspecified atom stereocenters. The van der Waals surface area contributed by atoms with Crippen molar-refractivity contribution >= 4 is 0 Å². The minimum Gasteiger partial charge on any atom is -0.482 e. The molecule has 0 fully saturated rings. The van der Waals surface area contributed by atoms with E-state index in [1.807, 2.05) is 0 Å². The Kier molecular flexibility index (Phi) is 5.03. The van der Waals surface area contributed by atoms with Crippen LogP contribution in [0.1, 0.15) is 24.8 Å². The fourth-order valence-corrected chi connectivity index (χ4v) is 2.17. The summed E-state index contributed by atoms with van der Waals surface area (Å²) in [4.78, 5) is 0. The third kappa shape index (κ3) is 3.74. The van der Waals surface area contributed by atoms with Crippen molar-refractivity contribution in [2.75, 3.05) is 6.73 Å². The Labute approximate surface area is 109 Å². The molecule has 1 aromatic rings. The van der Waals surface area contributed by atoms with Crippen LogP contribution in [0.2, 0.25) is 0 Å². The van der Waals surface area contributed by atoms with E-state index in [1.54, 1.807) is 0 Å². The van der Waals surface area contributed by atoms with Gasteiger partial charge >= 0.3 is 0 Å². The number of hydrogen-bond donors (Lipinski definition) is 1. The summed E-state index contributed by atoms with van der Waals surface area (Å²) in [7, 11) is 0. The molecular formula is C16H20NO. The fraction of sp³-hybridized carbons (Fsp3) is 0.312. The van der Waals surface area contributed by atoms with E-state index >= 15 is 0 Å². The summed E-state index contributed by atoms with van der Waals surface area (Å²) in [6, 6.07) is 10.6. The number of allylic oxidation sites excluding steroid dienone is 4. The summed E-state index contributed by atoms with van der Waals surface area (Å²) in [5, 5.41) is 0. The predicted octanol–water partition coefficient (Wildman–Crippen LogP) is 3.36. The number of benzene rings is 1. The average Bonchev–Trinajstić information content (AvgIpc) is 2.42. The van der Waals surface area contributed by atoms with Crippen molar-refractivity contribution in [3.8, 4) is 0 Å². The van der Waals surface area contributed by atoms with Gasteiger partial charge in [0, 0.05) is 6.42 Å². The molecule has 0 atom stereocenters. The molecule has 1 aromatic carbocycles. The van der Waals surface area contributed by atoms with Crippen molar-refractivity contribution in [3.63, 3.8) is 0 Å². The molecule has 2 N–H and O–H groups in total. The number of hydrogen-bond acceptors (Lipinski definition) is 2. The third-order valence-corrected chi connectivity index (χ3v) is 3.07. The van der Waals surface area contributed by atoms with Gasteiger partial charge in [-0.1, -0.05) is 42.5 Å². The first kappa shape index (κ1) is 12.9. The van der Waals surface area contributed by atoms with Crippen LogP contribution in [0.15, 0.2) is 53.8 Å². The quantitative estimate of drug-likeness (QED) is 0.776. The lowest BCUT2D eigenvalue weighted by molar-refractivity contribution is 0.222. The summed E-state index contributed by atoms with van der Waals surface area (Å²) in [5.74, 6) is 0.966. The standard InChI is InChI=1S/C16H20NO/c17-13-18-16-12-5-4-10-15(16)11-6-9-14-7-2-1-3-8-14/h1-4,7-8,10,12H,5-6,9,11,13,17H2. The molecule has 0 amide bonds. The lowest BCUT2D eigenvalue weighted by Gasteiger charge is -2.15. The van der Waals surface area contributed by atoms with Gasteiger partial charge < -0.3 is 4.74 Å². The van der Waals surface area contributed by atoms with Crippen molar-refractivity contribution in [2.45, 2.75) is 25.7 Å². The Morgan fingerprint density at radius 2 is 1.94 bits per heavy atom. The minimum atomic E-state index is 0.252. The van der Waals surface area contributed by atoms with Gasteiger partial charge in [0.05, 0.1) is 0 Å². The van der Waals surface area contributed by atoms with Crippen LogP contribution in [0, 0.1) is 6.42 Å². The van der Waals surface area contributed by atoms with Gasteiger partial charge in [-0.25, -0.2) is 0 Å². The average molecular weight is 242 g/mol. The second-order valence-corrected chi connectivity index (χ2v) is 4.38. The van der Waals surface area contributed by atoms with Crippen LogP contribution in [0.3, 0.4) is 0 Å². The van der Waals surface area contributed by atoms with Gasteiger partial charge in [-0.15, -0.1) is 0 Å². The van der Waals surface area contributed by atoms with E-state index in [0.717, 1.165) is 31.4 Å². The Balaban J connectivity index is 1.87. The van der Waals surface area contributed by atoms with Gasteiger partial charge in [0.15, 0.2) is 0 Å². The molecule has 95 valence electrons. The Morgan fingerprint density at radius 3 is 2.72 bits per heavy atom. The molecule has 1 radical (unpaired) electrons. The molecular weight excluding hydrogens is 222 g/mol. The lowest BCUT2D eigenvalue weighted by atomic mass is 9.98. The Hall–Kier alpha value is -1.54.